The zero-order valence-corrected chi connectivity index (χ0v) is 17.4. The molecule has 2 nitrogen and oxygen atoms in total. The summed E-state index contributed by atoms with van der Waals surface area (Å²) >= 11 is -0.287. The lowest BCUT2D eigenvalue weighted by atomic mass is 10.0. The summed E-state index contributed by atoms with van der Waals surface area (Å²) in [5.41, 5.74) is 0.907. The van der Waals surface area contributed by atoms with Gasteiger partial charge in [0.1, 0.15) is 12.1 Å². The molecule has 124 valence electrons. The van der Waals surface area contributed by atoms with Crippen molar-refractivity contribution in [1.29, 1.82) is 10.5 Å². The first-order valence-corrected chi connectivity index (χ1v) is 12.7. The van der Waals surface area contributed by atoms with Gasteiger partial charge in [-0.25, -0.2) is 10.0 Å². The summed E-state index contributed by atoms with van der Waals surface area (Å²) in [6, 6.07) is 23.1. The van der Waals surface area contributed by atoms with E-state index in [1.165, 1.54) is 12.0 Å². The van der Waals surface area contributed by atoms with Crippen molar-refractivity contribution in [2.45, 2.75) is 4.90 Å². The van der Waals surface area contributed by atoms with E-state index in [-0.39, 0.29) is 21.2 Å². The lowest BCUT2D eigenvalue weighted by molar-refractivity contribution is -0.601. The van der Waals surface area contributed by atoms with E-state index in [1.54, 1.807) is 0 Å². The van der Waals surface area contributed by atoms with E-state index in [0.717, 1.165) is 10.8 Å². The maximum atomic E-state index is 9.31. The van der Waals surface area contributed by atoms with E-state index < -0.39 is 10.0 Å². The predicted molar refractivity (Wildman–Crippen MR) is 101 cm³/mol. The molecule has 25 heavy (non-hydrogen) atoms. The van der Waals surface area contributed by atoms with Gasteiger partial charge >= 0.3 is 21.2 Å². The molecule has 0 saturated heterocycles. The molecule has 0 heterocycles. The van der Waals surface area contributed by atoms with E-state index in [4.69, 9.17) is 0 Å². The molecular weight excluding hydrogens is 439 g/mol. The Hall–Kier alpha value is -2.02. The lowest BCUT2D eigenvalue weighted by Gasteiger charge is -2.25. The first kappa shape index (κ1) is 17.8. The summed E-state index contributed by atoms with van der Waals surface area (Å²) < 4.78 is 2.80. The van der Waals surface area contributed by atoms with Crippen molar-refractivity contribution in [3.63, 3.8) is 0 Å². The van der Waals surface area contributed by atoms with Crippen LogP contribution in [0.15, 0.2) is 59.5 Å². The third kappa shape index (κ3) is 3.81. The second-order valence-electron chi connectivity index (χ2n) is 6.48. The first-order valence-electron chi connectivity index (χ1n) is 7.72. The van der Waals surface area contributed by atoms with Crippen LogP contribution in [0, 0.1) is 29.8 Å². The van der Waals surface area contributed by atoms with Gasteiger partial charge < -0.3 is 0 Å². The van der Waals surface area contributed by atoms with Crippen molar-refractivity contribution in [2.75, 3.05) is 18.8 Å². The van der Waals surface area contributed by atoms with E-state index in [1.807, 2.05) is 18.2 Å². The molecule has 0 atom stereocenters. The molecule has 3 aromatic carbocycles. The minimum Gasteiger partial charge on any atom is -0.219 e. The normalized spacial score (nSPS) is 11.7. The smallest absolute Gasteiger partial charge is 0.219 e. The number of benzene rings is 3. The average molecular weight is 457 g/mol. The molecule has 0 N–H and O–H groups in total. The Kier molecular flexibility index (Phi) is 5.03. The predicted octanol–water partition coefficient (Wildman–Crippen LogP) is 1.76. The summed E-state index contributed by atoms with van der Waals surface area (Å²) in [5.74, 6) is 0. The molecule has 0 radical (unpaired) electrons. The zero-order valence-electron chi connectivity index (χ0n) is 14.4. The van der Waals surface area contributed by atoms with Crippen molar-refractivity contribution in [3.8, 4) is 12.1 Å². The molecule has 0 saturated carbocycles. The average Bonchev–Trinajstić information content (AvgIpc) is 2.60. The van der Waals surface area contributed by atoms with Crippen LogP contribution in [0.25, 0.3) is 10.8 Å². The number of nitrogens with zero attached hydrogens (tertiary/aromatic N) is 2. The minimum atomic E-state index is -0.901. The highest BCUT2D eigenvalue weighted by molar-refractivity contribution is 8.32. The molecule has 3 aromatic rings. The summed E-state index contributed by atoms with van der Waals surface area (Å²) in [4.78, 5) is 1.41. The SMILES string of the molecule is CS(C)(C)c1cc2cc(C#N)c(C#N)cc2cc1[I+]c1ccccc1. The van der Waals surface area contributed by atoms with Crippen LogP contribution in [0.1, 0.15) is 11.1 Å². The van der Waals surface area contributed by atoms with E-state index in [0.29, 0.717) is 11.1 Å². The van der Waals surface area contributed by atoms with E-state index in [2.05, 4.69) is 67.3 Å². The fourth-order valence-corrected chi connectivity index (χ4v) is 8.35. The Bertz CT molecular complexity index is 1020. The summed E-state index contributed by atoms with van der Waals surface area (Å²) in [7, 11) is -0.901. The van der Waals surface area contributed by atoms with Gasteiger partial charge in [-0.15, -0.1) is 0 Å². The lowest BCUT2D eigenvalue weighted by Crippen LogP contribution is -3.61. The molecule has 0 aromatic heterocycles. The molecule has 0 spiro atoms. The highest BCUT2D eigenvalue weighted by Crippen LogP contribution is 2.46. The standard InChI is InChI=1S/C21H18IN2S/c1-25(2,3)21-12-16-10-18(14-24)17(13-23)9-15(16)11-20(21)22-19-7-5-4-6-8-19/h4-12H,1-3H3/q+1. The number of nitriles is 2. The third-order valence-corrected chi connectivity index (χ3v) is 8.71. The molecule has 0 aliphatic carbocycles. The molecule has 0 aliphatic heterocycles. The van der Waals surface area contributed by atoms with Gasteiger partial charge in [0.25, 0.3) is 0 Å². The zero-order chi connectivity index (χ0) is 18.0. The molecule has 0 unspecified atom stereocenters. The van der Waals surface area contributed by atoms with Gasteiger partial charge in [0, 0.05) is 11.0 Å². The van der Waals surface area contributed by atoms with Crippen LogP contribution in [0.2, 0.25) is 0 Å². The van der Waals surface area contributed by atoms with Crippen LogP contribution >= 0.6 is 10.0 Å². The highest BCUT2D eigenvalue weighted by atomic mass is 127. The minimum absolute atomic E-state index is 0.287. The van der Waals surface area contributed by atoms with Crippen molar-refractivity contribution >= 4 is 20.8 Å². The topological polar surface area (TPSA) is 47.6 Å². The van der Waals surface area contributed by atoms with Crippen LogP contribution in [-0.4, -0.2) is 18.8 Å². The number of fused-ring (bicyclic) bond motifs is 1. The van der Waals surface area contributed by atoms with Crippen LogP contribution in [0.4, 0.5) is 0 Å². The summed E-state index contributed by atoms with van der Waals surface area (Å²) in [6.45, 7) is 0. The number of hydrogen-bond donors (Lipinski definition) is 0. The quantitative estimate of drug-likeness (QED) is 0.563. The second-order valence-corrected chi connectivity index (χ2v) is 13.5. The Morgan fingerprint density at radius 3 is 1.88 bits per heavy atom. The Morgan fingerprint density at radius 1 is 0.800 bits per heavy atom. The Morgan fingerprint density at radius 2 is 1.36 bits per heavy atom. The Balaban J connectivity index is 2.24. The van der Waals surface area contributed by atoms with Gasteiger partial charge in [-0.1, -0.05) is 18.2 Å². The summed E-state index contributed by atoms with van der Waals surface area (Å²) in [6.07, 6.45) is 6.92. The fraction of sp³-hybridized carbons (Fsp3) is 0.143. The van der Waals surface area contributed by atoms with Crippen LogP contribution in [-0.2, 0) is 0 Å². The van der Waals surface area contributed by atoms with Crippen LogP contribution < -0.4 is 21.2 Å². The van der Waals surface area contributed by atoms with Crippen LogP contribution in [0.3, 0.4) is 0 Å². The highest BCUT2D eigenvalue weighted by Gasteiger charge is 2.26. The van der Waals surface area contributed by atoms with Gasteiger partial charge in [0.05, 0.1) is 11.1 Å². The van der Waals surface area contributed by atoms with Gasteiger partial charge in [-0.2, -0.15) is 10.5 Å². The first-order chi connectivity index (χ1) is 11.9. The number of halogens is 1. The van der Waals surface area contributed by atoms with Crippen molar-refractivity contribution in [2.24, 2.45) is 0 Å². The maximum absolute atomic E-state index is 9.31. The van der Waals surface area contributed by atoms with Crippen molar-refractivity contribution < 1.29 is 21.2 Å². The molecule has 0 bridgehead atoms. The molecule has 0 aliphatic rings. The van der Waals surface area contributed by atoms with Gasteiger partial charge in [-0.3, -0.25) is 0 Å². The molecular formula is C21H18IN2S+. The number of hydrogen-bond acceptors (Lipinski definition) is 2. The largest absolute Gasteiger partial charge is 0.359 e. The van der Waals surface area contributed by atoms with E-state index in [9.17, 15) is 10.5 Å². The van der Waals surface area contributed by atoms with E-state index >= 15 is 0 Å². The molecule has 4 heteroatoms. The van der Waals surface area contributed by atoms with Gasteiger partial charge in [0.2, 0.25) is 3.57 Å². The summed E-state index contributed by atoms with van der Waals surface area (Å²) in [5, 5.41) is 20.7. The Labute approximate surface area is 160 Å². The molecule has 3 rings (SSSR count). The van der Waals surface area contributed by atoms with Crippen molar-refractivity contribution in [3.05, 3.63) is 72.9 Å². The third-order valence-electron chi connectivity index (χ3n) is 3.87. The number of rotatable bonds is 3. The maximum Gasteiger partial charge on any atom is 0.359 e. The molecule has 0 amide bonds. The monoisotopic (exact) mass is 457 g/mol. The van der Waals surface area contributed by atoms with Gasteiger partial charge in [0.15, 0.2) is 3.57 Å². The fourth-order valence-electron chi connectivity index (χ4n) is 2.62. The molecule has 0 fully saturated rings. The van der Waals surface area contributed by atoms with Gasteiger partial charge in [-0.05, 0) is 59.9 Å². The second kappa shape index (κ2) is 7.07. The van der Waals surface area contributed by atoms with Crippen molar-refractivity contribution in [1.82, 2.24) is 0 Å². The van der Waals surface area contributed by atoms with Crippen LogP contribution in [0.5, 0.6) is 0 Å².